The molecular weight excluding hydrogens is 233 g/mol. The van der Waals surface area contributed by atoms with Gasteiger partial charge in [-0.25, -0.2) is 4.39 Å². The van der Waals surface area contributed by atoms with Gasteiger partial charge in [-0.05, 0) is 43.5 Å². The summed E-state index contributed by atoms with van der Waals surface area (Å²) < 4.78 is 24.0. The Balaban J connectivity index is 2.02. The Bertz CT molecular complexity index is 403. The summed E-state index contributed by atoms with van der Waals surface area (Å²) in [6, 6.07) is 4.65. The van der Waals surface area contributed by atoms with Gasteiger partial charge < -0.3 is 14.8 Å². The average Bonchev–Trinajstić information content (AvgIpc) is 2.38. The summed E-state index contributed by atoms with van der Waals surface area (Å²) >= 11 is 0. The van der Waals surface area contributed by atoms with Gasteiger partial charge in [-0.1, -0.05) is 0 Å². The maximum absolute atomic E-state index is 13.2. The topological polar surface area (TPSA) is 30.5 Å². The van der Waals surface area contributed by atoms with Crippen molar-refractivity contribution in [3.05, 3.63) is 29.6 Å². The van der Waals surface area contributed by atoms with Crippen molar-refractivity contribution in [2.24, 2.45) is 0 Å². The van der Waals surface area contributed by atoms with Crippen molar-refractivity contribution in [3.63, 3.8) is 0 Å². The van der Waals surface area contributed by atoms with E-state index in [-0.39, 0.29) is 11.4 Å². The number of morpholine rings is 1. The largest absolute Gasteiger partial charge is 0.496 e. The molecule has 1 N–H and O–H groups in total. The number of aryl methyl sites for hydroxylation is 1. The van der Waals surface area contributed by atoms with Crippen LogP contribution in [0.25, 0.3) is 0 Å². The molecule has 1 saturated heterocycles. The molecule has 0 radical (unpaired) electrons. The van der Waals surface area contributed by atoms with Crippen LogP contribution < -0.4 is 10.1 Å². The first kappa shape index (κ1) is 13.3. The van der Waals surface area contributed by atoms with Gasteiger partial charge in [-0.3, -0.25) is 0 Å². The third kappa shape index (κ3) is 3.21. The van der Waals surface area contributed by atoms with Crippen LogP contribution in [0.3, 0.4) is 0 Å². The zero-order valence-electron chi connectivity index (χ0n) is 11.0. The fourth-order valence-electron chi connectivity index (χ4n) is 2.29. The summed E-state index contributed by atoms with van der Waals surface area (Å²) in [4.78, 5) is 0. The van der Waals surface area contributed by atoms with Crippen molar-refractivity contribution in [1.82, 2.24) is 5.32 Å². The van der Waals surface area contributed by atoms with Crippen LogP contribution in [0.4, 0.5) is 4.39 Å². The SMILES string of the molecule is COc1ccc(F)cc1CCC1(C)COCCN1. The van der Waals surface area contributed by atoms with Crippen LogP contribution in [0, 0.1) is 5.82 Å². The normalized spacial score (nSPS) is 23.9. The van der Waals surface area contributed by atoms with E-state index in [0.29, 0.717) is 6.61 Å². The molecule has 2 rings (SSSR count). The molecule has 0 amide bonds. The summed E-state index contributed by atoms with van der Waals surface area (Å²) in [7, 11) is 1.61. The first-order valence-electron chi connectivity index (χ1n) is 6.28. The van der Waals surface area contributed by atoms with Crippen LogP contribution in [0.1, 0.15) is 18.9 Å². The summed E-state index contributed by atoms with van der Waals surface area (Å²) in [5.74, 6) is 0.528. The lowest BCUT2D eigenvalue weighted by Gasteiger charge is -2.35. The maximum Gasteiger partial charge on any atom is 0.123 e. The molecule has 1 heterocycles. The predicted molar refractivity (Wildman–Crippen MR) is 68.5 cm³/mol. The second-order valence-corrected chi connectivity index (χ2v) is 5.00. The molecule has 1 aliphatic rings. The molecule has 18 heavy (non-hydrogen) atoms. The van der Waals surface area contributed by atoms with E-state index in [2.05, 4.69) is 12.2 Å². The Morgan fingerprint density at radius 1 is 1.50 bits per heavy atom. The summed E-state index contributed by atoms with van der Waals surface area (Å²) in [6.07, 6.45) is 1.67. The Hall–Kier alpha value is -1.13. The van der Waals surface area contributed by atoms with Gasteiger partial charge in [0.25, 0.3) is 0 Å². The minimum atomic E-state index is -0.219. The van der Waals surface area contributed by atoms with Gasteiger partial charge >= 0.3 is 0 Å². The molecule has 1 aromatic carbocycles. The Labute approximate surface area is 107 Å². The monoisotopic (exact) mass is 253 g/mol. The number of hydrogen-bond acceptors (Lipinski definition) is 3. The van der Waals surface area contributed by atoms with Crippen molar-refractivity contribution in [1.29, 1.82) is 0 Å². The van der Waals surface area contributed by atoms with E-state index in [1.807, 2.05) is 0 Å². The van der Waals surface area contributed by atoms with Gasteiger partial charge in [0, 0.05) is 12.1 Å². The number of nitrogens with one attached hydrogen (secondary N) is 1. The molecule has 3 nitrogen and oxygen atoms in total. The molecule has 0 aromatic heterocycles. The second-order valence-electron chi connectivity index (χ2n) is 5.00. The Kier molecular flexibility index (Phi) is 4.19. The van der Waals surface area contributed by atoms with E-state index in [4.69, 9.17) is 9.47 Å². The zero-order chi connectivity index (χ0) is 13.0. The van der Waals surface area contributed by atoms with Gasteiger partial charge in [0.2, 0.25) is 0 Å². The Morgan fingerprint density at radius 2 is 2.33 bits per heavy atom. The molecule has 1 fully saturated rings. The molecule has 1 unspecified atom stereocenters. The van der Waals surface area contributed by atoms with E-state index in [9.17, 15) is 4.39 Å². The third-order valence-electron chi connectivity index (χ3n) is 3.41. The van der Waals surface area contributed by atoms with Crippen molar-refractivity contribution in [3.8, 4) is 5.75 Å². The second kappa shape index (κ2) is 5.67. The summed E-state index contributed by atoms with van der Waals surface area (Å²) in [6.45, 7) is 4.47. The fourth-order valence-corrected chi connectivity index (χ4v) is 2.29. The van der Waals surface area contributed by atoms with Crippen LogP contribution >= 0.6 is 0 Å². The molecule has 0 spiro atoms. The van der Waals surface area contributed by atoms with E-state index in [1.54, 1.807) is 19.2 Å². The van der Waals surface area contributed by atoms with Gasteiger partial charge in [-0.2, -0.15) is 0 Å². The van der Waals surface area contributed by atoms with Crippen LogP contribution in [0.2, 0.25) is 0 Å². The number of ether oxygens (including phenoxy) is 2. The molecule has 1 aliphatic heterocycles. The lowest BCUT2D eigenvalue weighted by atomic mass is 9.93. The zero-order valence-corrected chi connectivity index (χ0v) is 11.0. The molecule has 1 aromatic rings. The highest BCUT2D eigenvalue weighted by Gasteiger charge is 2.26. The molecular formula is C14H20FNO2. The van der Waals surface area contributed by atoms with Crippen LogP contribution in [-0.4, -0.2) is 32.4 Å². The third-order valence-corrected chi connectivity index (χ3v) is 3.41. The quantitative estimate of drug-likeness (QED) is 0.892. The highest BCUT2D eigenvalue weighted by Crippen LogP contribution is 2.24. The minimum absolute atomic E-state index is 0.0322. The van der Waals surface area contributed by atoms with Crippen LogP contribution in [0.5, 0.6) is 5.75 Å². The van der Waals surface area contributed by atoms with E-state index in [1.165, 1.54) is 6.07 Å². The number of benzene rings is 1. The first-order chi connectivity index (χ1) is 8.63. The number of methoxy groups -OCH3 is 1. The summed E-state index contributed by atoms with van der Waals surface area (Å²) in [5, 5.41) is 3.46. The van der Waals surface area contributed by atoms with Gasteiger partial charge in [-0.15, -0.1) is 0 Å². The van der Waals surface area contributed by atoms with Crippen molar-refractivity contribution < 1.29 is 13.9 Å². The van der Waals surface area contributed by atoms with E-state index < -0.39 is 0 Å². The highest BCUT2D eigenvalue weighted by molar-refractivity contribution is 5.34. The summed E-state index contributed by atoms with van der Waals surface area (Å²) in [5.41, 5.74) is 0.876. The van der Waals surface area contributed by atoms with Gasteiger partial charge in [0.05, 0.1) is 20.3 Å². The molecule has 0 saturated carbocycles. The van der Waals surface area contributed by atoms with Gasteiger partial charge in [0.1, 0.15) is 11.6 Å². The number of hydrogen-bond donors (Lipinski definition) is 1. The highest BCUT2D eigenvalue weighted by atomic mass is 19.1. The first-order valence-corrected chi connectivity index (χ1v) is 6.28. The molecule has 100 valence electrons. The lowest BCUT2D eigenvalue weighted by Crippen LogP contribution is -2.52. The molecule has 1 atom stereocenters. The lowest BCUT2D eigenvalue weighted by molar-refractivity contribution is 0.0317. The van der Waals surface area contributed by atoms with E-state index in [0.717, 1.165) is 37.3 Å². The smallest absolute Gasteiger partial charge is 0.123 e. The van der Waals surface area contributed by atoms with Crippen molar-refractivity contribution >= 4 is 0 Å². The maximum atomic E-state index is 13.2. The van der Waals surface area contributed by atoms with Gasteiger partial charge in [0.15, 0.2) is 0 Å². The number of rotatable bonds is 4. The van der Waals surface area contributed by atoms with Crippen molar-refractivity contribution in [2.75, 3.05) is 26.9 Å². The minimum Gasteiger partial charge on any atom is -0.496 e. The Morgan fingerprint density at radius 3 is 3.00 bits per heavy atom. The van der Waals surface area contributed by atoms with Crippen LogP contribution in [-0.2, 0) is 11.2 Å². The molecule has 4 heteroatoms. The standard InChI is InChI=1S/C14H20FNO2/c1-14(10-18-8-7-16-14)6-5-11-9-12(15)3-4-13(11)17-2/h3-4,9,16H,5-8,10H2,1-2H3. The van der Waals surface area contributed by atoms with E-state index >= 15 is 0 Å². The predicted octanol–water partition coefficient (Wildman–Crippen LogP) is 2.15. The molecule has 0 bridgehead atoms. The van der Waals surface area contributed by atoms with Crippen LogP contribution in [0.15, 0.2) is 18.2 Å². The van der Waals surface area contributed by atoms with Crippen molar-refractivity contribution in [2.45, 2.75) is 25.3 Å². The number of halogens is 1. The average molecular weight is 253 g/mol. The molecule has 0 aliphatic carbocycles. The fraction of sp³-hybridized carbons (Fsp3) is 0.571.